The van der Waals surface area contributed by atoms with E-state index in [1.165, 1.54) is 16.8 Å². The number of nitrogens with zero attached hydrogens (tertiary/aromatic N) is 1. The van der Waals surface area contributed by atoms with Crippen LogP contribution in [0.25, 0.3) is 0 Å². The third-order valence-corrected chi connectivity index (χ3v) is 2.82. The quantitative estimate of drug-likeness (QED) is 0.668. The summed E-state index contributed by atoms with van der Waals surface area (Å²) in [4.78, 5) is 24.4. The van der Waals surface area contributed by atoms with Gasteiger partial charge in [0.2, 0.25) is 0 Å². The Morgan fingerprint density at radius 2 is 2.29 bits per heavy atom. The molecule has 1 aromatic heterocycles. The van der Waals surface area contributed by atoms with E-state index in [9.17, 15) is 9.59 Å². The summed E-state index contributed by atoms with van der Waals surface area (Å²) in [6.07, 6.45) is 3.32. The number of hydrogen-bond acceptors (Lipinski definition) is 3. The second-order valence-corrected chi connectivity index (χ2v) is 3.60. The predicted octanol–water partition coefficient (Wildman–Crippen LogP) is -0.520. The van der Waals surface area contributed by atoms with Crippen LogP contribution in [-0.2, 0) is 0 Å². The van der Waals surface area contributed by atoms with Crippen molar-refractivity contribution in [2.75, 3.05) is 6.61 Å². The molecular formula is C9H12N2O3. The number of aromatic amines is 1. The van der Waals surface area contributed by atoms with Gasteiger partial charge >= 0.3 is 5.69 Å². The lowest BCUT2D eigenvalue weighted by atomic mass is 9.80. The van der Waals surface area contributed by atoms with E-state index in [1.807, 2.05) is 0 Å². The number of aliphatic hydroxyl groups excluding tert-OH is 1. The SMILES string of the molecule is O=c1ccn(C2CCC2CO)c(=O)[nH]1. The molecule has 0 amide bonds. The fraction of sp³-hybridized carbons (Fsp3) is 0.556. The van der Waals surface area contributed by atoms with Crippen LogP contribution in [0.5, 0.6) is 0 Å². The maximum atomic E-state index is 11.4. The number of hydrogen-bond donors (Lipinski definition) is 2. The molecule has 76 valence electrons. The Hall–Kier alpha value is -1.36. The topological polar surface area (TPSA) is 75.1 Å². The Kier molecular flexibility index (Phi) is 2.25. The highest BCUT2D eigenvalue weighted by atomic mass is 16.3. The zero-order valence-electron chi connectivity index (χ0n) is 7.64. The van der Waals surface area contributed by atoms with E-state index in [0.29, 0.717) is 0 Å². The minimum Gasteiger partial charge on any atom is -0.396 e. The molecule has 1 aliphatic carbocycles. The molecule has 0 aromatic carbocycles. The molecule has 0 spiro atoms. The highest BCUT2D eigenvalue weighted by molar-refractivity contribution is 4.92. The van der Waals surface area contributed by atoms with E-state index >= 15 is 0 Å². The summed E-state index contributed by atoms with van der Waals surface area (Å²) in [5.74, 6) is 0.151. The molecule has 0 radical (unpaired) electrons. The van der Waals surface area contributed by atoms with Gasteiger partial charge in [-0.3, -0.25) is 14.3 Å². The third kappa shape index (κ3) is 1.39. The molecule has 0 saturated heterocycles. The van der Waals surface area contributed by atoms with Crippen molar-refractivity contribution in [3.63, 3.8) is 0 Å². The molecule has 5 heteroatoms. The Bertz CT molecular complexity index is 432. The van der Waals surface area contributed by atoms with Crippen LogP contribution in [-0.4, -0.2) is 21.3 Å². The lowest BCUT2D eigenvalue weighted by Gasteiger charge is -2.36. The van der Waals surface area contributed by atoms with Gasteiger partial charge in [0.25, 0.3) is 5.56 Å². The van der Waals surface area contributed by atoms with E-state index < -0.39 is 0 Å². The molecule has 2 N–H and O–H groups in total. The average molecular weight is 196 g/mol. The molecule has 0 bridgehead atoms. The van der Waals surface area contributed by atoms with Crippen molar-refractivity contribution < 1.29 is 5.11 Å². The zero-order valence-corrected chi connectivity index (χ0v) is 7.64. The number of H-pyrrole nitrogens is 1. The van der Waals surface area contributed by atoms with Gasteiger partial charge in [-0.15, -0.1) is 0 Å². The van der Waals surface area contributed by atoms with Gasteiger partial charge in [0.1, 0.15) is 0 Å². The second kappa shape index (κ2) is 3.42. The maximum Gasteiger partial charge on any atom is 0.328 e. The summed E-state index contributed by atoms with van der Waals surface area (Å²) in [7, 11) is 0. The maximum absolute atomic E-state index is 11.4. The zero-order chi connectivity index (χ0) is 10.1. The van der Waals surface area contributed by atoms with Crippen molar-refractivity contribution in [2.24, 2.45) is 5.92 Å². The van der Waals surface area contributed by atoms with Crippen molar-refractivity contribution >= 4 is 0 Å². The van der Waals surface area contributed by atoms with Gasteiger partial charge in [0, 0.05) is 30.8 Å². The molecule has 1 heterocycles. The standard InChI is InChI=1S/C9H12N2O3/c12-5-6-1-2-7(6)11-4-3-8(13)10-9(11)14/h3-4,6-7,12H,1-2,5H2,(H,10,13,14). The minimum atomic E-state index is -0.388. The van der Waals surface area contributed by atoms with E-state index in [1.54, 1.807) is 0 Å². The van der Waals surface area contributed by atoms with Gasteiger partial charge in [0.05, 0.1) is 0 Å². The smallest absolute Gasteiger partial charge is 0.328 e. The van der Waals surface area contributed by atoms with Crippen molar-refractivity contribution in [3.05, 3.63) is 33.1 Å². The summed E-state index contributed by atoms with van der Waals surface area (Å²) in [6.45, 7) is 0.0935. The summed E-state index contributed by atoms with van der Waals surface area (Å²) < 4.78 is 1.49. The van der Waals surface area contributed by atoms with Crippen molar-refractivity contribution in [1.29, 1.82) is 0 Å². The number of aromatic nitrogens is 2. The van der Waals surface area contributed by atoms with Gasteiger partial charge in [-0.1, -0.05) is 0 Å². The molecule has 1 saturated carbocycles. The first-order valence-electron chi connectivity index (χ1n) is 4.64. The predicted molar refractivity (Wildman–Crippen MR) is 50.2 cm³/mol. The molecule has 2 unspecified atom stereocenters. The molecule has 2 rings (SSSR count). The fourth-order valence-corrected chi connectivity index (χ4v) is 1.82. The van der Waals surface area contributed by atoms with Gasteiger partial charge in [0.15, 0.2) is 0 Å². The normalized spacial score (nSPS) is 25.8. The van der Waals surface area contributed by atoms with E-state index in [4.69, 9.17) is 5.11 Å². The molecular weight excluding hydrogens is 184 g/mol. The molecule has 1 aromatic rings. The first kappa shape index (κ1) is 9.21. The van der Waals surface area contributed by atoms with Crippen molar-refractivity contribution in [2.45, 2.75) is 18.9 Å². The van der Waals surface area contributed by atoms with Crippen LogP contribution in [0, 0.1) is 5.92 Å². The summed E-state index contributed by atoms with van der Waals surface area (Å²) in [5.41, 5.74) is -0.772. The van der Waals surface area contributed by atoms with Crippen molar-refractivity contribution in [1.82, 2.24) is 9.55 Å². The summed E-state index contributed by atoms with van der Waals surface area (Å²) in [6, 6.07) is 1.37. The molecule has 5 nitrogen and oxygen atoms in total. The first-order chi connectivity index (χ1) is 6.72. The second-order valence-electron chi connectivity index (χ2n) is 3.60. The molecule has 2 atom stereocenters. The van der Waals surface area contributed by atoms with E-state index in [0.717, 1.165) is 12.8 Å². The van der Waals surface area contributed by atoms with E-state index in [-0.39, 0.29) is 29.8 Å². The van der Waals surface area contributed by atoms with Crippen LogP contribution in [0.3, 0.4) is 0 Å². The molecule has 1 fully saturated rings. The average Bonchev–Trinajstić information content (AvgIpc) is 2.08. The van der Waals surface area contributed by atoms with Gasteiger partial charge in [-0.05, 0) is 12.8 Å². The lowest BCUT2D eigenvalue weighted by Crippen LogP contribution is -2.40. The molecule has 0 aliphatic heterocycles. The van der Waals surface area contributed by atoms with Crippen LogP contribution in [0.15, 0.2) is 21.9 Å². The highest BCUT2D eigenvalue weighted by Gasteiger charge is 2.32. The summed E-state index contributed by atoms with van der Waals surface area (Å²) >= 11 is 0. The van der Waals surface area contributed by atoms with Crippen LogP contribution in [0.4, 0.5) is 0 Å². The molecule has 14 heavy (non-hydrogen) atoms. The Morgan fingerprint density at radius 3 is 2.79 bits per heavy atom. The summed E-state index contributed by atoms with van der Waals surface area (Å²) in [5, 5.41) is 8.98. The van der Waals surface area contributed by atoms with Crippen LogP contribution in [0.2, 0.25) is 0 Å². The van der Waals surface area contributed by atoms with Gasteiger partial charge in [-0.25, -0.2) is 4.79 Å². The monoisotopic (exact) mass is 196 g/mol. The lowest BCUT2D eigenvalue weighted by molar-refractivity contribution is 0.0941. The Labute approximate surface area is 80.0 Å². The van der Waals surface area contributed by atoms with Crippen LogP contribution in [0.1, 0.15) is 18.9 Å². The minimum absolute atomic E-state index is 0.0457. The Balaban J connectivity index is 2.33. The van der Waals surface area contributed by atoms with Gasteiger partial charge in [-0.2, -0.15) is 0 Å². The Morgan fingerprint density at radius 1 is 1.50 bits per heavy atom. The largest absolute Gasteiger partial charge is 0.396 e. The van der Waals surface area contributed by atoms with Gasteiger partial charge < -0.3 is 5.11 Å². The highest BCUT2D eigenvalue weighted by Crippen LogP contribution is 2.36. The van der Waals surface area contributed by atoms with Crippen molar-refractivity contribution in [3.8, 4) is 0 Å². The number of rotatable bonds is 2. The number of nitrogens with one attached hydrogen (secondary N) is 1. The van der Waals surface area contributed by atoms with Crippen LogP contribution < -0.4 is 11.2 Å². The van der Waals surface area contributed by atoms with E-state index in [2.05, 4.69) is 4.98 Å². The molecule has 1 aliphatic rings. The van der Waals surface area contributed by atoms with Crippen LogP contribution >= 0.6 is 0 Å². The number of aliphatic hydroxyl groups is 1. The first-order valence-corrected chi connectivity index (χ1v) is 4.64. The third-order valence-electron chi connectivity index (χ3n) is 2.82. The fourth-order valence-electron chi connectivity index (χ4n) is 1.82.